The Morgan fingerprint density at radius 2 is 1.35 bits per heavy atom. The van der Waals surface area contributed by atoms with Crippen molar-refractivity contribution in [2.24, 2.45) is 0 Å². The Balaban J connectivity index is 2.37. The highest BCUT2D eigenvalue weighted by atomic mass is 14.2. The molecule has 20 heavy (non-hydrogen) atoms. The Labute approximate surface area is 123 Å². The van der Waals surface area contributed by atoms with E-state index in [4.69, 9.17) is 0 Å². The highest BCUT2D eigenvalue weighted by molar-refractivity contribution is 5.40. The van der Waals surface area contributed by atoms with E-state index in [0.29, 0.717) is 5.92 Å². The molecule has 1 unspecified atom stereocenters. The molecule has 0 amide bonds. The van der Waals surface area contributed by atoms with Crippen LogP contribution in [0.25, 0.3) is 0 Å². The molecule has 0 saturated heterocycles. The molecule has 0 fully saturated rings. The molecule has 0 aliphatic heterocycles. The molecular formula is C20H26. The van der Waals surface area contributed by atoms with Gasteiger partial charge in [-0.25, -0.2) is 0 Å². The molecular weight excluding hydrogens is 240 g/mol. The third-order valence-corrected chi connectivity index (χ3v) is 4.52. The average Bonchev–Trinajstić information content (AvgIpc) is 2.48. The minimum Gasteiger partial charge on any atom is -0.0613 e. The molecule has 0 aliphatic rings. The number of hydrogen-bond donors (Lipinski definition) is 0. The molecule has 2 rings (SSSR count). The summed E-state index contributed by atoms with van der Waals surface area (Å²) in [5.74, 6) is 0.463. The van der Waals surface area contributed by atoms with E-state index >= 15 is 0 Å². The topological polar surface area (TPSA) is 0 Å². The van der Waals surface area contributed by atoms with Crippen molar-refractivity contribution < 1.29 is 0 Å². The molecule has 0 nitrogen and oxygen atoms in total. The van der Waals surface area contributed by atoms with E-state index < -0.39 is 0 Å². The molecule has 0 heteroatoms. The van der Waals surface area contributed by atoms with Gasteiger partial charge in [-0.3, -0.25) is 0 Å². The summed E-state index contributed by atoms with van der Waals surface area (Å²) in [5.41, 5.74) is 8.60. The first-order valence-corrected chi connectivity index (χ1v) is 7.75. The maximum Gasteiger partial charge on any atom is 0.00612 e. The van der Waals surface area contributed by atoms with Crippen molar-refractivity contribution in [1.82, 2.24) is 0 Å². The van der Waals surface area contributed by atoms with Gasteiger partial charge in [-0.05, 0) is 60.1 Å². The van der Waals surface area contributed by atoms with Gasteiger partial charge < -0.3 is 0 Å². The Hall–Kier alpha value is -1.56. The summed E-state index contributed by atoms with van der Waals surface area (Å²) in [6.07, 6.45) is 2.25. The van der Waals surface area contributed by atoms with E-state index in [9.17, 15) is 0 Å². The van der Waals surface area contributed by atoms with Crippen LogP contribution in [-0.4, -0.2) is 0 Å². The molecule has 1 atom stereocenters. The minimum absolute atomic E-state index is 0.463. The Morgan fingerprint density at radius 3 is 1.95 bits per heavy atom. The minimum atomic E-state index is 0.463. The fraction of sp³-hybridized carbons (Fsp3) is 0.400. The van der Waals surface area contributed by atoms with Gasteiger partial charge in [0.1, 0.15) is 0 Å². The van der Waals surface area contributed by atoms with Crippen LogP contribution in [0.2, 0.25) is 0 Å². The first-order chi connectivity index (χ1) is 9.56. The van der Waals surface area contributed by atoms with Crippen molar-refractivity contribution in [3.05, 3.63) is 69.8 Å². The van der Waals surface area contributed by atoms with Gasteiger partial charge >= 0.3 is 0 Å². The van der Waals surface area contributed by atoms with Crippen LogP contribution in [0.15, 0.2) is 36.4 Å². The Bertz CT molecular complexity index is 593. The molecule has 0 heterocycles. The first-order valence-electron chi connectivity index (χ1n) is 7.75. The molecule has 2 aromatic carbocycles. The molecule has 0 aliphatic carbocycles. The van der Waals surface area contributed by atoms with Crippen molar-refractivity contribution in [3.63, 3.8) is 0 Å². The fourth-order valence-electron chi connectivity index (χ4n) is 2.82. The molecule has 0 radical (unpaired) electrons. The van der Waals surface area contributed by atoms with Gasteiger partial charge in [-0.1, -0.05) is 57.2 Å². The summed E-state index contributed by atoms with van der Waals surface area (Å²) in [5, 5.41) is 0. The highest BCUT2D eigenvalue weighted by Gasteiger charge is 2.11. The van der Waals surface area contributed by atoms with Crippen LogP contribution in [-0.2, 0) is 12.8 Å². The van der Waals surface area contributed by atoms with Gasteiger partial charge in [0, 0.05) is 5.92 Å². The number of rotatable bonds is 4. The van der Waals surface area contributed by atoms with Gasteiger partial charge in [0.2, 0.25) is 0 Å². The van der Waals surface area contributed by atoms with E-state index in [2.05, 4.69) is 71.0 Å². The molecule has 0 saturated carbocycles. The lowest BCUT2D eigenvalue weighted by atomic mass is 9.88. The lowest BCUT2D eigenvalue weighted by molar-refractivity contribution is 0.905. The monoisotopic (exact) mass is 266 g/mol. The van der Waals surface area contributed by atoms with Gasteiger partial charge in [0.05, 0.1) is 0 Å². The average molecular weight is 266 g/mol. The van der Waals surface area contributed by atoms with E-state index in [1.165, 1.54) is 33.4 Å². The first kappa shape index (κ1) is 14.8. The van der Waals surface area contributed by atoms with Crippen LogP contribution >= 0.6 is 0 Å². The SMILES string of the molecule is CCc1ccc(C(C)c2ccc(C)c(C)c2)cc1CC. The summed E-state index contributed by atoms with van der Waals surface area (Å²) < 4.78 is 0. The summed E-state index contributed by atoms with van der Waals surface area (Å²) in [6.45, 7) is 11.2. The van der Waals surface area contributed by atoms with Gasteiger partial charge in [0.15, 0.2) is 0 Å². The zero-order chi connectivity index (χ0) is 14.7. The van der Waals surface area contributed by atoms with Crippen molar-refractivity contribution in [2.45, 2.75) is 53.4 Å². The Kier molecular flexibility index (Phi) is 4.65. The normalized spacial score (nSPS) is 12.4. The summed E-state index contributed by atoms with van der Waals surface area (Å²) in [4.78, 5) is 0. The standard InChI is InChI=1S/C20H26/c1-6-17-10-11-20(13-18(17)7-2)16(5)19-9-8-14(3)15(4)12-19/h8-13,16H,6-7H2,1-5H3. The predicted octanol–water partition coefficient (Wildman–Crippen LogP) is 5.58. The zero-order valence-electron chi connectivity index (χ0n) is 13.5. The molecule has 0 N–H and O–H groups in total. The van der Waals surface area contributed by atoms with Gasteiger partial charge in [-0.15, -0.1) is 0 Å². The van der Waals surface area contributed by atoms with Crippen molar-refractivity contribution in [1.29, 1.82) is 0 Å². The third kappa shape index (κ3) is 2.95. The van der Waals surface area contributed by atoms with Crippen LogP contribution in [0, 0.1) is 13.8 Å². The maximum absolute atomic E-state index is 2.40. The van der Waals surface area contributed by atoms with E-state index in [1.54, 1.807) is 0 Å². The summed E-state index contributed by atoms with van der Waals surface area (Å²) >= 11 is 0. The van der Waals surface area contributed by atoms with E-state index in [1.807, 2.05) is 0 Å². The second-order valence-corrected chi connectivity index (χ2v) is 5.80. The molecule has 0 bridgehead atoms. The van der Waals surface area contributed by atoms with Gasteiger partial charge in [-0.2, -0.15) is 0 Å². The number of benzene rings is 2. The van der Waals surface area contributed by atoms with Crippen molar-refractivity contribution in [3.8, 4) is 0 Å². The molecule has 0 aromatic heterocycles. The van der Waals surface area contributed by atoms with E-state index in [-0.39, 0.29) is 0 Å². The number of aryl methyl sites for hydroxylation is 4. The number of hydrogen-bond acceptors (Lipinski definition) is 0. The van der Waals surface area contributed by atoms with Crippen LogP contribution in [0.5, 0.6) is 0 Å². The molecule has 0 spiro atoms. The smallest absolute Gasteiger partial charge is 0.00612 e. The highest BCUT2D eigenvalue weighted by Crippen LogP contribution is 2.27. The second kappa shape index (κ2) is 6.26. The van der Waals surface area contributed by atoms with E-state index in [0.717, 1.165) is 12.8 Å². The lowest BCUT2D eigenvalue weighted by Gasteiger charge is -2.17. The van der Waals surface area contributed by atoms with Crippen LogP contribution in [0.1, 0.15) is 60.1 Å². The fourth-order valence-corrected chi connectivity index (χ4v) is 2.82. The summed E-state index contributed by atoms with van der Waals surface area (Å²) in [7, 11) is 0. The molecule has 106 valence electrons. The van der Waals surface area contributed by atoms with Crippen molar-refractivity contribution in [2.75, 3.05) is 0 Å². The largest absolute Gasteiger partial charge is 0.0613 e. The second-order valence-electron chi connectivity index (χ2n) is 5.80. The third-order valence-electron chi connectivity index (χ3n) is 4.52. The van der Waals surface area contributed by atoms with Crippen LogP contribution in [0.4, 0.5) is 0 Å². The van der Waals surface area contributed by atoms with Crippen LogP contribution < -0.4 is 0 Å². The van der Waals surface area contributed by atoms with Crippen molar-refractivity contribution >= 4 is 0 Å². The zero-order valence-corrected chi connectivity index (χ0v) is 13.5. The summed E-state index contributed by atoms with van der Waals surface area (Å²) in [6, 6.07) is 13.9. The predicted molar refractivity (Wildman–Crippen MR) is 88.6 cm³/mol. The Morgan fingerprint density at radius 1 is 0.750 bits per heavy atom. The quantitative estimate of drug-likeness (QED) is 0.677. The molecule has 2 aromatic rings. The van der Waals surface area contributed by atoms with Crippen LogP contribution in [0.3, 0.4) is 0 Å². The lowest BCUT2D eigenvalue weighted by Crippen LogP contribution is -2.00. The van der Waals surface area contributed by atoms with Gasteiger partial charge in [0.25, 0.3) is 0 Å². The maximum atomic E-state index is 2.40.